The molecule has 0 aromatic carbocycles. The number of halogens is 1. The van der Waals surface area contributed by atoms with Crippen LogP contribution < -0.4 is 0 Å². The highest BCUT2D eigenvalue weighted by atomic mass is 127. The first-order valence-electron chi connectivity index (χ1n) is 3.56. The molecule has 64 valence electrons. The number of esters is 1. The van der Waals surface area contributed by atoms with Gasteiger partial charge in [0.05, 0.1) is 5.92 Å². The van der Waals surface area contributed by atoms with Crippen LogP contribution in [0.3, 0.4) is 0 Å². The SMILES string of the molecule is C/C=C/COC(=O)C(C)CI. The van der Waals surface area contributed by atoms with Crippen LogP contribution >= 0.6 is 22.6 Å². The summed E-state index contributed by atoms with van der Waals surface area (Å²) in [5.41, 5.74) is 0. The van der Waals surface area contributed by atoms with E-state index in [1.807, 2.05) is 26.0 Å². The quantitative estimate of drug-likeness (QED) is 0.338. The first-order valence-corrected chi connectivity index (χ1v) is 5.08. The Hall–Kier alpha value is -0.0600. The summed E-state index contributed by atoms with van der Waals surface area (Å²) in [6, 6.07) is 0. The fourth-order valence-corrected chi connectivity index (χ4v) is 0.791. The van der Waals surface area contributed by atoms with Crippen molar-refractivity contribution >= 4 is 28.6 Å². The third-order valence-corrected chi connectivity index (χ3v) is 2.51. The Labute approximate surface area is 81.1 Å². The van der Waals surface area contributed by atoms with Gasteiger partial charge in [0.1, 0.15) is 6.61 Å². The molecule has 3 heteroatoms. The highest BCUT2D eigenvalue weighted by molar-refractivity contribution is 14.1. The molecule has 11 heavy (non-hydrogen) atoms. The van der Waals surface area contributed by atoms with Gasteiger partial charge >= 0.3 is 5.97 Å². The lowest BCUT2D eigenvalue weighted by Crippen LogP contribution is -2.15. The van der Waals surface area contributed by atoms with Crippen molar-refractivity contribution in [2.24, 2.45) is 5.92 Å². The molecule has 2 nitrogen and oxygen atoms in total. The van der Waals surface area contributed by atoms with Crippen molar-refractivity contribution in [3.8, 4) is 0 Å². The van der Waals surface area contributed by atoms with E-state index in [-0.39, 0.29) is 11.9 Å². The highest BCUT2D eigenvalue weighted by Gasteiger charge is 2.10. The minimum atomic E-state index is -0.113. The van der Waals surface area contributed by atoms with E-state index in [1.54, 1.807) is 0 Å². The van der Waals surface area contributed by atoms with Gasteiger partial charge in [-0.15, -0.1) is 0 Å². The van der Waals surface area contributed by atoms with Crippen LogP contribution in [0, 0.1) is 5.92 Å². The lowest BCUT2D eigenvalue weighted by atomic mass is 10.2. The van der Waals surface area contributed by atoms with E-state index in [2.05, 4.69) is 22.6 Å². The third-order valence-electron chi connectivity index (χ3n) is 1.19. The largest absolute Gasteiger partial charge is 0.461 e. The zero-order valence-electron chi connectivity index (χ0n) is 6.84. The van der Waals surface area contributed by atoms with Crippen molar-refractivity contribution in [2.75, 3.05) is 11.0 Å². The zero-order valence-corrected chi connectivity index (χ0v) is 9.00. The minimum Gasteiger partial charge on any atom is -0.461 e. The summed E-state index contributed by atoms with van der Waals surface area (Å²) in [4.78, 5) is 11.0. The second-order valence-corrected chi connectivity index (χ2v) is 3.14. The summed E-state index contributed by atoms with van der Waals surface area (Å²) < 4.78 is 5.72. The van der Waals surface area contributed by atoms with Gasteiger partial charge in [0.15, 0.2) is 0 Å². The number of carbonyl (C=O) groups excluding carboxylic acids is 1. The smallest absolute Gasteiger partial charge is 0.309 e. The number of carbonyl (C=O) groups is 1. The van der Waals surface area contributed by atoms with E-state index in [0.717, 1.165) is 4.43 Å². The predicted molar refractivity (Wildman–Crippen MR) is 53.8 cm³/mol. The van der Waals surface area contributed by atoms with E-state index in [4.69, 9.17) is 4.74 Å². The molecule has 0 bridgehead atoms. The maximum Gasteiger partial charge on any atom is 0.309 e. The van der Waals surface area contributed by atoms with E-state index in [0.29, 0.717) is 6.61 Å². The topological polar surface area (TPSA) is 26.3 Å². The van der Waals surface area contributed by atoms with Crippen molar-refractivity contribution in [1.29, 1.82) is 0 Å². The number of hydrogen-bond donors (Lipinski definition) is 0. The molecule has 0 aliphatic rings. The second-order valence-electron chi connectivity index (χ2n) is 2.25. The molecule has 0 saturated heterocycles. The van der Waals surface area contributed by atoms with Crippen LogP contribution in [0.1, 0.15) is 13.8 Å². The number of alkyl halides is 1. The normalized spacial score (nSPS) is 13.4. The average Bonchev–Trinajstić information content (AvgIpc) is 2.03. The highest BCUT2D eigenvalue weighted by Crippen LogP contribution is 2.02. The van der Waals surface area contributed by atoms with Crippen LogP contribution in [-0.4, -0.2) is 17.0 Å². The van der Waals surface area contributed by atoms with Gasteiger partial charge in [-0.05, 0) is 6.92 Å². The van der Waals surface area contributed by atoms with Crippen LogP contribution in [-0.2, 0) is 9.53 Å². The standard InChI is InChI=1S/C8H13IO2/c1-3-4-5-11-8(10)7(2)6-9/h3-4,7H,5-6H2,1-2H3/b4-3+. The second kappa shape index (κ2) is 6.64. The van der Waals surface area contributed by atoms with Gasteiger partial charge in [-0.25, -0.2) is 0 Å². The molecule has 1 unspecified atom stereocenters. The zero-order chi connectivity index (χ0) is 8.69. The van der Waals surface area contributed by atoms with Gasteiger partial charge in [-0.3, -0.25) is 4.79 Å². The van der Waals surface area contributed by atoms with E-state index >= 15 is 0 Å². The molecule has 0 aromatic rings. The van der Waals surface area contributed by atoms with Crippen molar-refractivity contribution in [1.82, 2.24) is 0 Å². The number of rotatable bonds is 4. The van der Waals surface area contributed by atoms with Gasteiger partial charge in [0, 0.05) is 4.43 Å². The predicted octanol–water partition coefficient (Wildman–Crippen LogP) is 2.18. The fourth-order valence-electron chi connectivity index (χ4n) is 0.432. The Bertz CT molecular complexity index is 143. The molecular formula is C8H13IO2. The molecule has 0 aliphatic heterocycles. The molecule has 1 atom stereocenters. The summed E-state index contributed by atoms with van der Waals surface area (Å²) >= 11 is 2.17. The van der Waals surface area contributed by atoms with Gasteiger partial charge in [-0.1, -0.05) is 41.7 Å². The van der Waals surface area contributed by atoms with Crippen molar-refractivity contribution < 1.29 is 9.53 Å². The first-order chi connectivity index (χ1) is 5.22. The average molecular weight is 268 g/mol. The van der Waals surface area contributed by atoms with Crippen LogP contribution in [0.5, 0.6) is 0 Å². The summed E-state index contributed by atoms with van der Waals surface area (Å²) in [6.07, 6.45) is 3.68. The van der Waals surface area contributed by atoms with E-state index in [9.17, 15) is 4.79 Å². The summed E-state index contributed by atoms with van der Waals surface area (Å²) in [5.74, 6) is -0.0987. The molecule has 0 aromatic heterocycles. The fraction of sp³-hybridized carbons (Fsp3) is 0.625. The van der Waals surface area contributed by atoms with Gasteiger partial charge in [-0.2, -0.15) is 0 Å². The third kappa shape index (κ3) is 5.24. The van der Waals surface area contributed by atoms with Crippen molar-refractivity contribution in [2.45, 2.75) is 13.8 Å². The molecule has 0 N–H and O–H groups in total. The van der Waals surface area contributed by atoms with Gasteiger partial charge < -0.3 is 4.74 Å². The van der Waals surface area contributed by atoms with Gasteiger partial charge in [0.25, 0.3) is 0 Å². The Morgan fingerprint density at radius 2 is 2.36 bits per heavy atom. The number of hydrogen-bond acceptors (Lipinski definition) is 2. The molecule has 0 saturated carbocycles. The monoisotopic (exact) mass is 268 g/mol. The Morgan fingerprint density at radius 3 is 2.82 bits per heavy atom. The van der Waals surface area contributed by atoms with Crippen molar-refractivity contribution in [3.63, 3.8) is 0 Å². The Morgan fingerprint density at radius 1 is 1.73 bits per heavy atom. The van der Waals surface area contributed by atoms with E-state index in [1.165, 1.54) is 0 Å². The minimum absolute atomic E-state index is 0.0147. The molecule has 0 radical (unpaired) electrons. The van der Waals surface area contributed by atoms with Crippen LogP contribution in [0.25, 0.3) is 0 Å². The molecule has 0 amide bonds. The number of ether oxygens (including phenoxy) is 1. The van der Waals surface area contributed by atoms with Crippen molar-refractivity contribution in [3.05, 3.63) is 12.2 Å². The molecule has 0 spiro atoms. The molecule has 0 heterocycles. The first kappa shape index (κ1) is 10.9. The molecule has 0 aliphatic carbocycles. The molecule has 0 fully saturated rings. The van der Waals surface area contributed by atoms with Crippen LogP contribution in [0.15, 0.2) is 12.2 Å². The number of allylic oxidation sites excluding steroid dienone is 1. The lowest BCUT2D eigenvalue weighted by Gasteiger charge is -2.05. The summed E-state index contributed by atoms with van der Waals surface area (Å²) in [5, 5.41) is 0. The maximum atomic E-state index is 11.0. The maximum absolute atomic E-state index is 11.0. The van der Waals surface area contributed by atoms with Gasteiger partial charge in [0.2, 0.25) is 0 Å². The van der Waals surface area contributed by atoms with E-state index < -0.39 is 0 Å². The summed E-state index contributed by atoms with van der Waals surface area (Å²) in [6.45, 7) is 4.16. The Balaban J connectivity index is 3.52. The van der Waals surface area contributed by atoms with Crippen LogP contribution in [0.2, 0.25) is 0 Å². The Kier molecular flexibility index (Phi) is 6.60. The van der Waals surface area contributed by atoms with Crippen LogP contribution in [0.4, 0.5) is 0 Å². The lowest BCUT2D eigenvalue weighted by molar-refractivity contribution is -0.145. The molecule has 0 rings (SSSR count). The summed E-state index contributed by atoms with van der Waals surface area (Å²) in [7, 11) is 0. The molecular weight excluding hydrogens is 255 g/mol.